The number of carbonyl (C=O) groups excluding carboxylic acids is 1. The average Bonchev–Trinajstić information content (AvgIpc) is 3.27. The van der Waals surface area contributed by atoms with Crippen LogP contribution in [-0.4, -0.2) is 42.5 Å². The highest BCUT2D eigenvalue weighted by Crippen LogP contribution is 2.15. The van der Waals surface area contributed by atoms with E-state index in [1.807, 2.05) is 44.4 Å². The van der Waals surface area contributed by atoms with Gasteiger partial charge in [0.1, 0.15) is 12.7 Å². The van der Waals surface area contributed by atoms with Crippen LogP contribution in [0.5, 0.6) is 0 Å². The zero-order valence-electron chi connectivity index (χ0n) is 14.5. The highest BCUT2D eigenvalue weighted by atomic mass is 16.2. The predicted molar refractivity (Wildman–Crippen MR) is 93.0 cm³/mol. The number of carbonyl (C=O) groups is 1. The van der Waals surface area contributed by atoms with Gasteiger partial charge in [0.15, 0.2) is 0 Å². The minimum absolute atomic E-state index is 0.103. The summed E-state index contributed by atoms with van der Waals surface area (Å²) >= 11 is 0. The first-order chi connectivity index (χ1) is 12.0. The van der Waals surface area contributed by atoms with Crippen molar-refractivity contribution >= 4 is 6.03 Å². The first-order valence-corrected chi connectivity index (χ1v) is 7.97. The maximum Gasteiger partial charge on any atom is 0.317 e. The number of aromatic nitrogens is 5. The maximum atomic E-state index is 12.4. The van der Waals surface area contributed by atoms with E-state index in [-0.39, 0.29) is 12.1 Å². The minimum atomic E-state index is -0.128. The molecule has 2 heterocycles. The van der Waals surface area contributed by atoms with Gasteiger partial charge in [0.2, 0.25) is 0 Å². The van der Waals surface area contributed by atoms with Gasteiger partial charge < -0.3 is 10.2 Å². The average molecular weight is 339 g/mol. The Bertz CT molecular complexity index is 823. The van der Waals surface area contributed by atoms with Crippen LogP contribution >= 0.6 is 0 Å². The molecular formula is C17H21N7O. The quantitative estimate of drug-likeness (QED) is 0.770. The van der Waals surface area contributed by atoms with E-state index in [1.54, 1.807) is 33.8 Å². The van der Waals surface area contributed by atoms with Crippen molar-refractivity contribution in [3.8, 4) is 5.69 Å². The lowest BCUT2D eigenvalue weighted by Gasteiger charge is -2.21. The summed E-state index contributed by atoms with van der Waals surface area (Å²) in [5, 5.41) is 11.2. The lowest BCUT2D eigenvalue weighted by molar-refractivity contribution is 0.203. The number of nitrogens with one attached hydrogen (secondary N) is 1. The van der Waals surface area contributed by atoms with Gasteiger partial charge in [-0.25, -0.2) is 14.5 Å². The van der Waals surface area contributed by atoms with Crippen LogP contribution in [0.2, 0.25) is 0 Å². The molecule has 0 fully saturated rings. The number of rotatable bonds is 5. The lowest BCUT2D eigenvalue weighted by atomic mass is 10.1. The van der Waals surface area contributed by atoms with Crippen molar-refractivity contribution in [2.45, 2.75) is 19.5 Å². The smallest absolute Gasteiger partial charge is 0.317 e. The largest absolute Gasteiger partial charge is 0.331 e. The van der Waals surface area contributed by atoms with Gasteiger partial charge in [-0.3, -0.25) is 4.68 Å². The summed E-state index contributed by atoms with van der Waals surface area (Å²) in [5.74, 6) is 0. The number of hydrogen-bond donors (Lipinski definition) is 1. The highest BCUT2D eigenvalue weighted by Gasteiger charge is 2.14. The number of aryl methyl sites for hydroxylation is 1. The third-order valence-electron chi connectivity index (χ3n) is 3.94. The van der Waals surface area contributed by atoms with Gasteiger partial charge in [0, 0.05) is 25.9 Å². The summed E-state index contributed by atoms with van der Waals surface area (Å²) in [6.07, 6.45) is 6.80. The zero-order valence-corrected chi connectivity index (χ0v) is 14.5. The molecule has 0 radical (unpaired) electrons. The van der Waals surface area contributed by atoms with E-state index in [2.05, 4.69) is 20.5 Å². The Morgan fingerprint density at radius 3 is 2.64 bits per heavy atom. The molecule has 25 heavy (non-hydrogen) atoms. The molecule has 1 N–H and O–H groups in total. The van der Waals surface area contributed by atoms with Gasteiger partial charge in [-0.2, -0.15) is 10.2 Å². The standard InChI is InChI=1S/C17H21N7O/c1-13(15-4-6-16(7-5-15)24-12-18-11-20-24)21-17(25)22(2)9-14-8-19-23(3)10-14/h4-8,10-13H,9H2,1-3H3,(H,21,25). The summed E-state index contributed by atoms with van der Waals surface area (Å²) in [7, 11) is 3.62. The molecule has 2 aromatic heterocycles. The number of nitrogens with zero attached hydrogens (tertiary/aromatic N) is 6. The van der Waals surface area contributed by atoms with Crippen molar-refractivity contribution in [2.24, 2.45) is 7.05 Å². The molecule has 1 aromatic carbocycles. The molecule has 0 spiro atoms. The Kier molecular flexibility index (Phi) is 4.78. The van der Waals surface area contributed by atoms with Crippen LogP contribution in [0.1, 0.15) is 24.1 Å². The normalized spacial score (nSPS) is 12.0. The van der Waals surface area contributed by atoms with Crippen molar-refractivity contribution in [1.29, 1.82) is 0 Å². The number of urea groups is 1. The molecule has 1 unspecified atom stereocenters. The SMILES string of the molecule is CC(NC(=O)N(C)Cc1cnn(C)c1)c1ccc(-n2cncn2)cc1. The molecular weight excluding hydrogens is 318 g/mol. The molecule has 0 aliphatic heterocycles. The van der Waals surface area contributed by atoms with Crippen LogP contribution in [0.15, 0.2) is 49.3 Å². The topological polar surface area (TPSA) is 80.9 Å². The fourth-order valence-electron chi connectivity index (χ4n) is 2.54. The maximum absolute atomic E-state index is 12.4. The molecule has 0 bridgehead atoms. The van der Waals surface area contributed by atoms with Crippen molar-refractivity contribution < 1.29 is 4.79 Å². The molecule has 2 amide bonds. The van der Waals surface area contributed by atoms with Crippen molar-refractivity contribution in [2.75, 3.05) is 7.05 Å². The Hall–Kier alpha value is -3.16. The summed E-state index contributed by atoms with van der Waals surface area (Å²) in [6.45, 7) is 2.47. The second kappa shape index (κ2) is 7.16. The monoisotopic (exact) mass is 339 g/mol. The van der Waals surface area contributed by atoms with E-state index >= 15 is 0 Å². The Labute approximate surface area is 146 Å². The first-order valence-electron chi connectivity index (χ1n) is 7.97. The molecule has 0 aliphatic rings. The fourth-order valence-corrected chi connectivity index (χ4v) is 2.54. The van der Waals surface area contributed by atoms with Gasteiger partial charge in [0.05, 0.1) is 24.5 Å². The van der Waals surface area contributed by atoms with E-state index in [0.717, 1.165) is 16.8 Å². The zero-order chi connectivity index (χ0) is 17.8. The lowest BCUT2D eigenvalue weighted by Crippen LogP contribution is -2.38. The second-order valence-corrected chi connectivity index (χ2v) is 5.98. The van der Waals surface area contributed by atoms with Crippen molar-refractivity contribution in [1.82, 2.24) is 34.8 Å². The third-order valence-corrected chi connectivity index (χ3v) is 3.94. The molecule has 3 rings (SSSR count). The molecule has 8 nitrogen and oxygen atoms in total. The van der Waals surface area contributed by atoms with Gasteiger partial charge >= 0.3 is 6.03 Å². The van der Waals surface area contributed by atoms with Crippen LogP contribution in [0, 0.1) is 0 Å². The first kappa shape index (κ1) is 16.7. The second-order valence-electron chi connectivity index (χ2n) is 5.98. The summed E-state index contributed by atoms with van der Waals surface area (Å²) < 4.78 is 3.41. The molecule has 8 heteroatoms. The molecule has 0 aliphatic carbocycles. The molecule has 1 atom stereocenters. The minimum Gasteiger partial charge on any atom is -0.331 e. The molecule has 3 aromatic rings. The van der Waals surface area contributed by atoms with Gasteiger partial charge in [-0.1, -0.05) is 12.1 Å². The number of hydrogen-bond acceptors (Lipinski definition) is 4. The van der Waals surface area contributed by atoms with E-state index in [4.69, 9.17) is 0 Å². The Morgan fingerprint density at radius 2 is 2.04 bits per heavy atom. The van der Waals surface area contributed by atoms with Crippen LogP contribution in [0.4, 0.5) is 4.79 Å². The van der Waals surface area contributed by atoms with Crippen LogP contribution in [-0.2, 0) is 13.6 Å². The van der Waals surface area contributed by atoms with Gasteiger partial charge in [-0.05, 0) is 24.6 Å². The van der Waals surface area contributed by atoms with Crippen LogP contribution in [0.3, 0.4) is 0 Å². The summed E-state index contributed by atoms with van der Waals surface area (Å²) in [6, 6.07) is 7.62. The predicted octanol–water partition coefficient (Wildman–Crippen LogP) is 1.90. The Morgan fingerprint density at radius 1 is 1.28 bits per heavy atom. The third kappa shape index (κ3) is 4.03. The van der Waals surface area contributed by atoms with Crippen molar-refractivity contribution in [3.63, 3.8) is 0 Å². The van der Waals surface area contributed by atoms with E-state index in [9.17, 15) is 4.79 Å². The number of benzene rings is 1. The number of amides is 2. The Balaban J connectivity index is 1.59. The molecule has 0 saturated heterocycles. The van der Waals surface area contributed by atoms with Crippen LogP contribution < -0.4 is 5.32 Å². The van der Waals surface area contributed by atoms with E-state index in [0.29, 0.717) is 6.54 Å². The van der Waals surface area contributed by atoms with Gasteiger partial charge in [-0.15, -0.1) is 0 Å². The molecule has 0 saturated carbocycles. The van der Waals surface area contributed by atoms with E-state index < -0.39 is 0 Å². The highest BCUT2D eigenvalue weighted by molar-refractivity contribution is 5.74. The van der Waals surface area contributed by atoms with Gasteiger partial charge in [0.25, 0.3) is 0 Å². The summed E-state index contributed by atoms with van der Waals surface area (Å²) in [5.41, 5.74) is 2.94. The molecule has 130 valence electrons. The fraction of sp³-hybridized carbons (Fsp3) is 0.294. The van der Waals surface area contributed by atoms with Crippen molar-refractivity contribution in [3.05, 3.63) is 60.4 Å². The van der Waals surface area contributed by atoms with Crippen LogP contribution in [0.25, 0.3) is 5.69 Å². The van der Waals surface area contributed by atoms with E-state index in [1.165, 1.54) is 6.33 Å². The summed E-state index contributed by atoms with van der Waals surface area (Å²) in [4.78, 5) is 17.9.